The van der Waals surface area contributed by atoms with Crippen LogP contribution in [0.3, 0.4) is 0 Å². The zero-order chi connectivity index (χ0) is 20.1. The predicted octanol–water partition coefficient (Wildman–Crippen LogP) is 4.77. The molecule has 1 heterocycles. The van der Waals surface area contributed by atoms with Gasteiger partial charge < -0.3 is 19.7 Å². The molecule has 0 saturated carbocycles. The Morgan fingerprint density at radius 3 is 2.43 bits per heavy atom. The molecule has 2 aromatic carbocycles. The fourth-order valence-electron chi connectivity index (χ4n) is 2.68. The van der Waals surface area contributed by atoms with Gasteiger partial charge in [0.2, 0.25) is 0 Å². The van der Waals surface area contributed by atoms with Gasteiger partial charge in [0.1, 0.15) is 17.2 Å². The van der Waals surface area contributed by atoms with Crippen LogP contribution in [0.4, 0.5) is 17.1 Å². The van der Waals surface area contributed by atoms with Gasteiger partial charge in [-0.25, -0.2) is 0 Å². The number of halogens is 1. The zero-order valence-electron chi connectivity index (χ0n) is 15.8. The van der Waals surface area contributed by atoms with Crippen LogP contribution in [0.5, 0.6) is 11.5 Å². The Balaban J connectivity index is 1.87. The number of amides is 1. The number of methoxy groups -OCH3 is 2. The molecule has 28 heavy (non-hydrogen) atoms. The summed E-state index contributed by atoms with van der Waals surface area (Å²) in [6.07, 6.45) is 1.58. The number of benzene rings is 2. The molecule has 0 aliphatic rings. The summed E-state index contributed by atoms with van der Waals surface area (Å²) in [7, 11) is 4.81. The average Bonchev–Trinajstić information content (AvgIpc) is 2.74. The van der Waals surface area contributed by atoms with Gasteiger partial charge in [-0.15, -0.1) is 0 Å². The lowest BCUT2D eigenvalue weighted by molar-refractivity contribution is 0.0988. The molecule has 7 heteroatoms. The van der Waals surface area contributed by atoms with E-state index < -0.39 is 0 Å². The number of anilines is 3. The zero-order valence-corrected chi connectivity index (χ0v) is 16.5. The van der Waals surface area contributed by atoms with Crippen LogP contribution >= 0.6 is 11.6 Å². The van der Waals surface area contributed by atoms with Gasteiger partial charge in [-0.05, 0) is 24.3 Å². The van der Waals surface area contributed by atoms with Crippen molar-refractivity contribution in [1.29, 1.82) is 0 Å². The second-order valence-corrected chi connectivity index (χ2v) is 6.35. The van der Waals surface area contributed by atoms with E-state index in [4.69, 9.17) is 21.1 Å². The highest BCUT2D eigenvalue weighted by Gasteiger charge is 2.16. The molecular formula is C21H20ClN3O3. The van der Waals surface area contributed by atoms with E-state index in [0.717, 1.165) is 5.69 Å². The minimum Gasteiger partial charge on any atom is -0.495 e. The second kappa shape index (κ2) is 8.63. The number of aromatic nitrogens is 1. The van der Waals surface area contributed by atoms with Crippen molar-refractivity contribution in [1.82, 2.24) is 4.98 Å². The first-order valence-corrected chi connectivity index (χ1v) is 8.89. The molecular weight excluding hydrogens is 378 g/mol. The molecule has 0 fully saturated rings. The molecule has 0 unspecified atom stereocenters. The number of ether oxygens (including phenoxy) is 2. The van der Waals surface area contributed by atoms with Crippen LogP contribution in [0.15, 0.2) is 60.8 Å². The van der Waals surface area contributed by atoms with Crippen molar-refractivity contribution in [3.8, 4) is 11.5 Å². The van der Waals surface area contributed by atoms with Gasteiger partial charge in [0, 0.05) is 36.8 Å². The molecule has 144 valence electrons. The van der Waals surface area contributed by atoms with E-state index >= 15 is 0 Å². The Morgan fingerprint density at radius 1 is 1.04 bits per heavy atom. The summed E-state index contributed by atoms with van der Waals surface area (Å²) in [4.78, 5) is 18.6. The highest BCUT2D eigenvalue weighted by atomic mass is 35.5. The number of rotatable bonds is 6. The van der Waals surface area contributed by atoms with Crippen molar-refractivity contribution in [3.63, 3.8) is 0 Å². The monoisotopic (exact) mass is 397 g/mol. The fraction of sp³-hybridized carbons (Fsp3) is 0.143. The van der Waals surface area contributed by atoms with Crippen LogP contribution in [0.1, 0.15) is 10.5 Å². The molecule has 0 spiro atoms. The lowest BCUT2D eigenvalue weighted by atomic mass is 10.2. The number of hydrogen-bond donors (Lipinski definition) is 1. The normalized spacial score (nSPS) is 10.3. The Kier molecular flexibility index (Phi) is 6.01. The van der Waals surface area contributed by atoms with Crippen LogP contribution in [0, 0.1) is 0 Å². The van der Waals surface area contributed by atoms with Gasteiger partial charge in [-0.3, -0.25) is 9.78 Å². The molecule has 6 nitrogen and oxygen atoms in total. The standard InChI is InChI=1S/C21H20ClN3O3/c1-25(15-7-5-4-6-8-15)21(26)18-11-14(9-10-23-18)24-17-13-19(27-2)16(22)12-20(17)28-3/h4-13H,1-3H3,(H,23,24). The fourth-order valence-corrected chi connectivity index (χ4v) is 2.91. The highest BCUT2D eigenvalue weighted by molar-refractivity contribution is 6.32. The lowest BCUT2D eigenvalue weighted by Crippen LogP contribution is -2.27. The Morgan fingerprint density at radius 2 is 1.75 bits per heavy atom. The molecule has 3 aromatic rings. The first-order valence-electron chi connectivity index (χ1n) is 8.51. The molecule has 0 aliphatic heterocycles. The van der Waals surface area contributed by atoms with Gasteiger partial charge in [0.25, 0.3) is 5.91 Å². The van der Waals surface area contributed by atoms with Crippen molar-refractivity contribution in [2.24, 2.45) is 0 Å². The van der Waals surface area contributed by atoms with Gasteiger partial charge in [0.05, 0.1) is 24.9 Å². The number of para-hydroxylation sites is 1. The van der Waals surface area contributed by atoms with Crippen LogP contribution < -0.4 is 19.7 Å². The smallest absolute Gasteiger partial charge is 0.276 e. The second-order valence-electron chi connectivity index (χ2n) is 5.94. The molecule has 1 amide bonds. The van der Waals surface area contributed by atoms with E-state index in [2.05, 4.69) is 10.3 Å². The maximum Gasteiger partial charge on any atom is 0.276 e. The Labute approximate surface area is 168 Å². The maximum absolute atomic E-state index is 12.8. The van der Waals surface area contributed by atoms with Crippen molar-refractivity contribution in [3.05, 3.63) is 71.5 Å². The van der Waals surface area contributed by atoms with Gasteiger partial charge in [-0.1, -0.05) is 29.8 Å². The largest absolute Gasteiger partial charge is 0.495 e. The highest BCUT2D eigenvalue weighted by Crippen LogP contribution is 2.37. The topological polar surface area (TPSA) is 63.7 Å². The minimum absolute atomic E-state index is 0.212. The SMILES string of the molecule is COc1cc(Nc2ccnc(C(=O)N(C)c3ccccc3)c2)c(OC)cc1Cl. The Bertz CT molecular complexity index is 980. The number of hydrogen-bond acceptors (Lipinski definition) is 5. The predicted molar refractivity (Wildman–Crippen MR) is 111 cm³/mol. The molecule has 3 rings (SSSR count). The van der Waals surface area contributed by atoms with Crippen molar-refractivity contribution >= 4 is 34.6 Å². The van der Waals surface area contributed by atoms with Gasteiger partial charge in [0.15, 0.2) is 0 Å². The first kappa shape index (κ1) is 19.5. The number of pyridine rings is 1. The summed E-state index contributed by atoms with van der Waals surface area (Å²) >= 11 is 6.15. The third-order valence-electron chi connectivity index (χ3n) is 4.18. The molecule has 0 bridgehead atoms. The third-order valence-corrected chi connectivity index (χ3v) is 4.48. The molecule has 0 atom stereocenters. The van der Waals surface area contributed by atoms with Crippen molar-refractivity contribution in [2.75, 3.05) is 31.5 Å². The summed E-state index contributed by atoms with van der Waals surface area (Å²) in [5.41, 5.74) is 2.44. The summed E-state index contributed by atoms with van der Waals surface area (Å²) < 4.78 is 10.6. The van der Waals surface area contributed by atoms with E-state index in [9.17, 15) is 4.79 Å². The molecule has 0 saturated heterocycles. The summed E-state index contributed by atoms with van der Waals surface area (Å²) in [5, 5.41) is 3.67. The van der Waals surface area contributed by atoms with Gasteiger partial charge in [-0.2, -0.15) is 0 Å². The van der Waals surface area contributed by atoms with E-state index in [-0.39, 0.29) is 5.91 Å². The minimum atomic E-state index is -0.212. The maximum atomic E-state index is 12.8. The van der Waals surface area contributed by atoms with Crippen LogP contribution in [0.25, 0.3) is 0 Å². The molecule has 0 aliphatic carbocycles. The van der Waals surface area contributed by atoms with E-state index in [0.29, 0.717) is 33.6 Å². The third kappa shape index (κ3) is 4.18. The van der Waals surface area contributed by atoms with E-state index in [1.54, 1.807) is 56.6 Å². The first-order chi connectivity index (χ1) is 13.5. The average molecular weight is 398 g/mol. The number of carbonyl (C=O) groups excluding carboxylic acids is 1. The van der Waals surface area contributed by atoms with Crippen LogP contribution in [0.2, 0.25) is 5.02 Å². The quantitative estimate of drug-likeness (QED) is 0.649. The summed E-state index contributed by atoms with van der Waals surface area (Å²) in [6, 6.07) is 16.2. The number of nitrogens with one attached hydrogen (secondary N) is 1. The van der Waals surface area contributed by atoms with E-state index in [1.807, 2.05) is 30.3 Å². The lowest BCUT2D eigenvalue weighted by Gasteiger charge is -2.18. The van der Waals surface area contributed by atoms with E-state index in [1.165, 1.54) is 0 Å². The molecule has 1 aromatic heterocycles. The number of carbonyl (C=O) groups is 1. The number of nitrogens with zero attached hydrogens (tertiary/aromatic N) is 2. The van der Waals surface area contributed by atoms with Crippen molar-refractivity contribution in [2.45, 2.75) is 0 Å². The van der Waals surface area contributed by atoms with Crippen molar-refractivity contribution < 1.29 is 14.3 Å². The van der Waals surface area contributed by atoms with Crippen LogP contribution in [-0.2, 0) is 0 Å². The molecule has 1 N–H and O–H groups in total. The molecule has 0 radical (unpaired) electrons. The summed E-state index contributed by atoms with van der Waals surface area (Å²) in [6.45, 7) is 0. The summed E-state index contributed by atoms with van der Waals surface area (Å²) in [5.74, 6) is 0.853. The van der Waals surface area contributed by atoms with Crippen LogP contribution in [-0.4, -0.2) is 32.2 Å². The Hall–Kier alpha value is -3.25. The van der Waals surface area contributed by atoms with Gasteiger partial charge >= 0.3 is 0 Å².